The Hall–Kier alpha value is -2.40. The summed E-state index contributed by atoms with van der Waals surface area (Å²) in [6.07, 6.45) is 14.4. The minimum atomic E-state index is -0.354. The molecule has 5 aliphatic rings. The molecule has 6 atom stereocenters. The quantitative estimate of drug-likeness (QED) is 0.392. The molecule has 3 fully saturated rings. The van der Waals surface area contributed by atoms with Crippen molar-refractivity contribution < 1.29 is 14.7 Å². The third-order valence-electron chi connectivity index (χ3n) is 12.7. The summed E-state index contributed by atoms with van der Waals surface area (Å²) >= 11 is 1.75. The van der Waals surface area contributed by atoms with Gasteiger partial charge in [-0.15, -0.1) is 11.3 Å². The van der Waals surface area contributed by atoms with Crippen molar-refractivity contribution in [1.29, 1.82) is 0 Å². The van der Waals surface area contributed by atoms with Gasteiger partial charge in [0, 0.05) is 27.8 Å². The molecule has 1 aromatic rings. The number of aliphatic hydroxyl groups excluding tert-OH is 1. The minimum Gasteiger partial charge on any atom is -0.504 e. The molecule has 40 heavy (non-hydrogen) atoms. The molecule has 6 unspecified atom stereocenters. The lowest BCUT2D eigenvalue weighted by Crippen LogP contribution is -2.62. The molecule has 0 bridgehead atoms. The van der Waals surface area contributed by atoms with Crippen molar-refractivity contribution in [1.82, 2.24) is 5.32 Å². The first-order valence-electron chi connectivity index (χ1n) is 15.2. The van der Waals surface area contributed by atoms with Crippen LogP contribution in [-0.2, 0) is 16.0 Å². The summed E-state index contributed by atoms with van der Waals surface area (Å²) in [6.45, 7) is 14.6. The van der Waals surface area contributed by atoms with E-state index in [0.717, 1.165) is 56.1 Å². The topological polar surface area (TPSA) is 66.4 Å². The molecule has 0 saturated heterocycles. The number of amides is 1. The number of allylic oxidation sites excluding steroid dienone is 7. The van der Waals surface area contributed by atoms with Crippen LogP contribution in [0.5, 0.6) is 0 Å². The summed E-state index contributed by atoms with van der Waals surface area (Å²) in [5.41, 5.74) is 3.93. The molecular formula is C35H45NO3S. The maximum absolute atomic E-state index is 13.7. The number of fused-ring (bicyclic) bond motifs is 7. The van der Waals surface area contributed by atoms with Crippen molar-refractivity contribution >= 4 is 23.0 Å². The fourth-order valence-corrected chi connectivity index (χ4v) is 10.3. The highest BCUT2D eigenvalue weighted by Gasteiger charge is 2.67. The Morgan fingerprint density at radius 1 is 1.05 bits per heavy atom. The largest absolute Gasteiger partial charge is 0.504 e. The van der Waals surface area contributed by atoms with Gasteiger partial charge >= 0.3 is 0 Å². The molecule has 4 nitrogen and oxygen atoms in total. The van der Waals surface area contributed by atoms with Gasteiger partial charge in [-0.2, -0.15) is 0 Å². The third-order valence-corrected chi connectivity index (χ3v) is 13.6. The van der Waals surface area contributed by atoms with E-state index in [1.165, 1.54) is 16.9 Å². The van der Waals surface area contributed by atoms with Crippen molar-refractivity contribution in [2.75, 3.05) is 6.54 Å². The van der Waals surface area contributed by atoms with E-state index in [1.54, 1.807) is 17.4 Å². The van der Waals surface area contributed by atoms with Gasteiger partial charge in [-0.25, -0.2) is 0 Å². The van der Waals surface area contributed by atoms with Gasteiger partial charge in [0.15, 0.2) is 5.76 Å². The Morgan fingerprint density at radius 3 is 2.52 bits per heavy atom. The zero-order valence-electron chi connectivity index (χ0n) is 25.1. The molecule has 5 aliphatic carbocycles. The Bertz CT molecular complexity index is 1400. The van der Waals surface area contributed by atoms with Crippen LogP contribution >= 0.6 is 11.3 Å². The van der Waals surface area contributed by atoms with Crippen molar-refractivity contribution in [2.45, 2.75) is 92.9 Å². The first-order chi connectivity index (χ1) is 18.8. The van der Waals surface area contributed by atoms with Crippen LogP contribution in [0.2, 0.25) is 0 Å². The zero-order valence-corrected chi connectivity index (χ0v) is 25.9. The van der Waals surface area contributed by atoms with Crippen LogP contribution in [0.15, 0.2) is 63.8 Å². The standard InChI is InChI=1S/C35H45NO3S/c1-22-24-9-10-27-33(4,25(24)20-26(37)29(22)38)15-17-35(6)28-21-32(3,13-12-31(28,2)14-16-34(27,35)5)30(39)36-18-11-23-8-7-19-40-23/h7-10,19-20,28,38H,11-18,21H2,1-6H3,(H,36,39). The maximum atomic E-state index is 13.7. The van der Waals surface area contributed by atoms with Crippen LogP contribution in [0.4, 0.5) is 0 Å². The predicted molar refractivity (Wildman–Crippen MR) is 162 cm³/mol. The number of hydrogen-bond donors (Lipinski definition) is 2. The van der Waals surface area contributed by atoms with E-state index in [0.29, 0.717) is 18.0 Å². The SMILES string of the molecule is CC1=C(O)C(=O)C=C2C1=CC=C1C2(C)CCC2(C)C3CC(C)(C(=O)NCCc4cccs4)CCC3(C)CCC12C. The lowest BCUT2D eigenvalue weighted by atomic mass is 9.34. The van der Waals surface area contributed by atoms with Crippen LogP contribution in [0.1, 0.15) is 91.4 Å². The van der Waals surface area contributed by atoms with Gasteiger partial charge in [0.2, 0.25) is 11.7 Å². The predicted octanol–water partition coefficient (Wildman–Crippen LogP) is 8.03. The summed E-state index contributed by atoms with van der Waals surface area (Å²) in [4.78, 5) is 27.8. The van der Waals surface area contributed by atoms with Gasteiger partial charge in [-0.3, -0.25) is 9.59 Å². The van der Waals surface area contributed by atoms with Gasteiger partial charge < -0.3 is 10.4 Å². The first kappa shape index (κ1) is 27.8. The average Bonchev–Trinajstić information content (AvgIpc) is 3.44. The molecule has 3 saturated carbocycles. The molecule has 1 aromatic heterocycles. The van der Waals surface area contributed by atoms with Crippen molar-refractivity contribution in [3.05, 3.63) is 68.7 Å². The molecule has 0 radical (unpaired) electrons. The summed E-state index contributed by atoms with van der Waals surface area (Å²) in [5, 5.41) is 15.8. The fraction of sp³-hybridized carbons (Fsp3) is 0.600. The summed E-state index contributed by atoms with van der Waals surface area (Å²) in [6, 6.07) is 4.21. The Morgan fingerprint density at radius 2 is 1.80 bits per heavy atom. The molecule has 214 valence electrons. The molecular weight excluding hydrogens is 514 g/mol. The second-order valence-corrected chi connectivity index (χ2v) is 15.7. The highest BCUT2D eigenvalue weighted by Crippen LogP contribution is 2.75. The van der Waals surface area contributed by atoms with Crippen molar-refractivity contribution in [3.63, 3.8) is 0 Å². The highest BCUT2D eigenvalue weighted by atomic mass is 32.1. The lowest BCUT2D eigenvalue weighted by molar-refractivity contribution is -0.169. The van der Waals surface area contributed by atoms with Gasteiger partial charge in [0.25, 0.3) is 0 Å². The summed E-state index contributed by atoms with van der Waals surface area (Å²) in [5.74, 6) is 0.282. The number of rotatable bonds is 4. The van der Waals surface area contributed by atoms with Crippen LogP contribution < -0.4 is 5.32 Å². The van der Waals surface area contributed by atoms with Gasteiger partial charge in [0.1, 0.15) is 0 Å². The maximum Gasteiger partial charge on any atom is 0.225 e. The molecule has 0 aliphatic heterocycles. The fourth-order valence-electron chi connectivity index (χ4n) is 9.63. The monoisotopic (exact) mass is 559 g/mol. The number of aliphatic hydroxyl groups is 1. The van der Waals surface area contributed by atoms with E-state index in [1.807, 2.05) is 6.92 Å². The van der Waals surface area contributed by atoms with Crippen LogP contribution in [-0.4, -0.2) is 23.3 Å². The van der Waals surface area contributed by atoms with E-state index in [9.17, 15) is 14.7 Å². The van der Waals surface area contributed by atoms with E-state index >= 15 is 0 Å². The lowest BCUT2D eigenvalue weighted by Gasteiger charge is -2.70. The minimum absolute atomic E-state index is 0.0267. The van der Waals surface area contributed by atoms with E-state index < -0.39 is 0 Å². The number of hydrogen-bond acceptors (Lipinski definition) is 4. The zero-order chi connectivity index (χ0) is 28.7. The molecule has 5 heteroatoms. The number of thiophene rings is 1. The summed E-state index contributed by atoms with van der Waals surface area (Å²) in [7, 11) is 0. The average molecular weight is 560 g/mol. The third kappa shape index (κ3) is 3.75. The van der Waals surface area contributed by atoms with Gasteiger partial charge in [-0.05, 0) is 109 Å². The van der Waals surface area contributed by atoms with E-state index in [4.69, 9.17) is 0 Å². The molecule has 0 aromatic carbocycles. The van der Waals surface area contributed by atoms with Crippen molar-refractivity contribution in [3.8, 4) is 0 Å². The van der Waals surface area contributed by atoms with Crippen molar-refractivity contribution in [2.24, 2.45) is 33.0 Å². The molecule has 0 spiro atoms. The number of carbonyl (C=O) groups is 2. The van der Waals surface area contributed by atoms with Crippen LogP contribution in [0.25, 0.3) is 0 Å². The number of nitrogens with one attached hydrogen (secondary N) is 1. The molecule has 1 amide bonds. The van der Waals surface area contributed by atoms with Gasteiger partial charge in [0.05, 0.1) is 0 Å². The van der Waals surface area contributed by atoms with Gasteiger partial charge in [-0.1, -0.05) is 58.4 Å². The Labute approximate surface area is 243 Å². The molecule has 6 rings (SSSR count). The van der Waals surface area contributed by atoms with E-state index in [2.05, 4.69) is 69.6 Å². The smallest absolute Gasteiger partial charge is 0.225 e. The second-order valence-electron chi connectivity index (χ2n) is 14.7. The van der Waals surface area contributed by atoms with Crippen LogP contribution in [0, 0.1) is 33.0 Å². The number of carbonyl (C=O) groups excluding carboxylic acids is 2. The number of ketones is 1. The second kappa shape index (κ2) is 9.05. The Kier molecular flexibility index (Phi) is 6.28. The summed E-state index contributed by atoms with van der Waals surface area (Å²) < 4.78 is 0. The molecule has 1 heterocycles. The van der Waals surface area contributed by atoms with E-state index in [-0.39, 0.29) is 44.5 Å². The Balaban J connectivity index is 1.32. The highest BCUT2D eigenvalue weighted by molar-refractivity contribution is 7.09. The first-order valence-corrected chi connectivity index (χ1v) is 16.1. The van der Waals surface area contributed by atoms with Crippen LogP contribution in [0.3, 0.4) is 0 Å². The molecule has 2 N–H and O–H groups in total. The normalized spacial score (nSPS) is 40.6.